The van der Waals surface area contributed by atoms with E-state index in [0.29, 0.717) is 25.3 Å². The molecule has 0 spiro atoms. The van der Waals surface area contributed by atoms with E-state index in [-0.39, 0.29) is 11.8 Å². The van der Waals surface area contributed by atoms with Crippen molar-refractivity contribution >= 4 is 11.8 Å². The van der Waals surface area contributed by atoms with Crippen LogP contribution in [0.2, 0.25) is 0 Å². The Hall–Kier alpha value is -2.71. The van der Waals surface area contributed by atoms with E-state index in [1.54, 1.807) is 17.3 Å². The van der Waals surface area contributed by atoms with Crippen molar-refractivity contribution in [2.75, 3.05) is 45.8 Å². The van der Waals surface area contributed by atoms with E-state index >= 15 is 0 Å². The van der Waals surface area contributed by atoms with Gasteiger partial charge in [-0.1, -0.05) is 13.0 Å². The minimum Gasteiger partial charge on any atom is -0.354 e. The fraction of sp³-hybridized carbons (Fsp3) is 0.522. The molecule has 8 nitrogen and oxygen atoms in total. The third-order valence-electron chi connectivity index (χ3n) is 6.30. The summed E-state index contributed by atoms with van der Waals surface area (Å²) in [5.41, 5.74) is 1.54. The summed E-state index contributed by atoms with van der Waals surface area (Å²) in [6, 6.07) is 6.92. The van der Waals surface area contributed by atoms with Crippen LogP contribution in [0, 0.1) is 0 Å². The van der Waals surface area contributed by atoms with Gasteiger partial charge in [-0.05, 0) is 43.3 Å². The van der Waals surface area contributed by atoms with Gasteiger partial charge in [0.1, 0.15) is 11.7 Å². The first-order chi connectivity index (χ1) is 15.2. The molecule has 2 aromatic heterocycles. The Morgan fingerprint density at radius 3 is 2.71 bits per heavy atom. The number of hydrogen-bond acceptors (Lipinski definition) is 5. The van der Waals surface area contributed by atoms with E-state index in [0.717, 1.165) is 51.3 Å². The largest absolute Gasteiger partial charge is 0.354 e. The minimum absolute atomic E-state index is 0.0904. The zero-order valence-corrected chi connectivity index (χ0v) is 18.2. The third kappa shape index (κ3) is 5.14. The number of nitrogens with zero attached hydrogens (tertiary/aromatic N) is 5. The first-order valence-corrected chi connectivity index (χ1v) is 11.2. The van der Waals surface area contributed by atoms with E-state index in [1.165, 1.54) is 0 Å². The van der Waals surface area contributed by atoms with E-state index in [4.69, 9.17) is 0 Å². The number of carbonyl (C=O) groups excluding carboxylic acids is 2. The van der Waals surface area contributed by atoms with Crippen LogP contribution in [-0.4, -0.2) is 87.9 Å². The van der Waals surface area contributed by atoms with Crippen molar-refractivity contribution in [1.82, 2.24) is 29.6 Å². The molecule has 4 heterocycles. The lowest BCUT2D eigenvalue weighted by atomic mass is 10.1. The quantitative estimate of drug-likeness (QED) is 0.642. The molecule has 0 saturated carbocycles. The molecule has 2 aliphatic rings. The van der Waals surface area contributed by atoms with Gasteiger partial charge in [0.05, 0.1) is 6.54 Å². The summed E-state index contributed by atoms with van der Waals surface area (Å²) in [4.78, 5) is 36.9. The first-order valence-electron chi connectivity index (χ1n) is 11.2. The molecule has 2 aromatic rings. The topological polar surface area (TPSA) is 73.7 Å². The van der Waals surface area contributed by atoms with Gasteiger partial charge in [0.15, 0.2) is 0 Å². The zero-order chi connectivity index (χ0) is 21.6. The summed E-state index contributed by atoms with van der Waals surface area (Å²) < 4.78 is 1.87. The highest BCUT2D eigenvalue weighted by Crippen LogP contribution is 2.21. The van der Waals surface area contributed by atoms with Crippen molar-refractivity contribution in [2.45, 2.75) is 32.5 Å². The lowest BCUT2D eigenvalue weighted by Gasteiger charge is -2.36. The highest BCUT2D eigenvalue weighted by Gasteiger charge is 2.36. The lowest BCUT2D eigenvalue weighted by Crippen LogP contribution is -2.55. The van der Waals surface area contributed by atoms with Crippen molar-refractivity contribution in [3.05, 3.63) is 54.1 Å². The Kier molecular flexibility index (Phi) is 6.99. The van der Waals surface area contributed by atoms with E-state index in [1.807, 2.05) is 35.0 Å². The molecule has 1 N–H and O–H groups in total. The van der Waals surface area contributed by atoms with Crippen LogP contribution in [0.5, 0.6) is 0 Å². The number of pyridine rings is 1. The number of piperazine rings is 1. The third-order valence-corrected chi connectivity index (χ3v) is 6.30. The molecule has 8 heteroatoms. The average Bonchev–Trinajstić information content (AvgIpc) is 3.28. The molecule has 0 aromatic carbocycles. The lowest BCUT2D eigenvalue weighted by molar-refractivity contribution is -0.126. The summed E-state index contributed by atoms with van der Waals surface area (Å²) >= 11 is 0. The van der Waals surface area contributed by atoms with Crippen molar-refractivity contribution in [3.8, 4) is 0 Å². The van der Waals surface area contributed by atoms with Gasteiger partial charge in [0.2, 0.25) is 5.91 Å². The van der Waals surface area contributed by atoms with Crippen molar-refractivity contribution in [3.63, 3.8) is 0 Å². The van der Waals surface area contributed by atoms with Crippen LogP contribution >= 0.6 is 0 Å². The van der Waals surface area contributed by atoms with Crippen LogP contribution in [-0.2, 0) is 17.9 Å². The molecular formula is C23H32N6O2. The van der Waals surface area contributed by atoms with Crippen LogP contribution in [0.1, 0.15) is 29.4 Å². The Balaban J connectivity index is 1.33. The average molecular weight is 425 g/mol. The summed E-state index contributed by atoms with van der Waals surface area (Å²) in [7, 11) is 0. The molecule has 1 unspecified atom stereocenters. The molecule has 0 aliphatic carbocycles. The Morgan fingerprint density at radius 1 is 1.16 bits per heavy atom. The van der Waals surface area contributed by atoms with Crippen LogP contribution < -0.4 is 5.32 Å². The maximum Gasteiger partial charge on any atom is 0.271 e. The van der Waals surface area contributed by atoms with Gasteiger partial charge in [-0.15, -0.1) is 0 Å². The SMILES string of the molecule is CCN1CCN(CCCNC(=O)C2Cn3cccc3C(=O)N2Cc2cccnc2)CC1. The van der Waals surface area contributed by atoms with Gasteiger partial charge in [-0.2, -0.15) is 0 Å². The summed E-state index contributed by atoms with van der Waals surface area (Å²) in [5, 5.41) is 3.07. The summed E-state index contributed by atoms with van der Waals surface area (Å²) in [6.07, 6.45) is 6.23. The van der Waals surface area contributed by atoms with Crippen molar-refractivity contribution in [1.29, 1.82) is 0 Å². The molecule has 4 rings (SSSR count). The molecule has 1 atom stereocenters. The molecule has 1 saturated heterocycles. The van der Waals surface area contributed by atoms with Crippen molar-refractivity contribution < 1.29 is 9.59 Å². The number of likely N-dealkylation sites (N-methyl/N-ethyl adjacent to an activating group) is 1. The van der Waals surface area contributed by atoms with Crippen LogP contribution in [0.4, 0.5) is 0 Å². The number of aromatic nitrogens is 2. The predicted molar refractivity (Wildman–Crippen MR) is 119 cm³/mol. The maximum atomic E-state index is 13.1. The van der Waals surface area contributed by atoms with Gasteiger partial charge >= 0.3 is 0 Å². The fourth-order valence-corrected chi connectivity index (χ4v) is 4.40. The highest BCUT2D eigenvalue weighted by molar-refractivity contribution is 5.97. The zero-order valence-electron chi connectivity index (χ0n) is 18.2. The number of carbonyl (C=O) groups is 2. The van der Waals surface area contributed by atoms with Crippen LogP contribution in [0.25, 0.3) is 0 Å². The second-order valence-corrected chi connectivity index (χ2v) is 8.28. The van der Waals surface area contributed by atoms with E-state index in [2.05, 4.69) is 27.0 Å². The van der Waals surface area contributed by atoms with Crippen LogP contribution in [0.3, 0.4) is 0 Å². The van der Waals surface area contributed by atoms with Gasteiger partial charge in [0.25, 0.3) is 5.91 Å². The monoisotopic (exact) mass is 424 g/mol. The highest BCUT2D eigenvalue weighted by atomic mass is 16.2. The fourth-order valence-electron chi connectivity index (χ4n) is 4.40. The minimum atomic E-state index is -0.527. The van der Waals surface area contributed by atoms with E-state index in [9.17, 15) is 9.59 Å². The molecule has 2 aliphatic heterocycles. The molecule has 0 bridgehead atoms. The smallest absolute Gasteiger partial charge is 0.271 e. The van der Waals surface area contributed by atoms with E-state index < -0.39 is 6.04 Å². The Morgan fingerprint density at radius 2 is 1.97 bits per heavy atom. The van der Waals surface area contributed by atoms with Gasteiger partial charge in [0, 0.05) is 57.9 Å². The summed E-state index contributed by atoms with van der Waals surface area (Å²) in [6.45, 7) is 10.2. The number of fused-ring (bicyclic) bond motifs is 1. The van der Waals surface area contributed by atoms with Gasteiger partial charge in [-0.3, -0.25) is 14.6 Å². The Labute approximate surface area is 183 Å². The first kappa shape index (κ1) is 21.5. The number of nitrogens with one attached hydrogen (secondary N) is 1. The predicted octanol–water partition coefficient (Wildman–Crippen LogP) is 1.05. The summed E-state index contributed by atoms with van der Waals surface area (Å²) in [5.74, 6) is -0.207. The number of rotatable bonds is 8. The molecule has 166 valence electrons. The molecule has 2 amide bonds. The number of amides is 2. The molecule has 31 heavy (non-hydrogen) atoms. The molecule has 1 fully saturated rings. The molecular weight excluding hydrogens is 392 g/mol. The normalized spacial score (nSPS) is 20.0. The second kappa shape index (κ2) is 10.1. The molecule has 0 radical (unpaired) electrons. The number of hydrogen-bond donors (Lipinski definition) is 1. The van der Waals surface area contributed by atoms with Gasteiger partial charge < -0.3 is 24.6 Å². The Bertz CT molecular complexity index is 875. The maximum absolute atomic E-state index is 13.1. The van der Waals surface area contributed by atoms with Gasteiger partial charge in [-0.25, -0.2) is 0 Å². The standard InChI is InChI=1S/C23H32N6O2/c1-2-26-12-14-27(15-13-26)10-5-9-25-22(30)21-18-28-11-4-7-20(28)23(31)29(21)17-19-6-3-8-24-16-19/h3-4,6-8,11,16,21H,2,5,9-10,12-15,17-18H2,1H3,(H,25,30). The second-order valence-electron chi connectivity index (χ2n) is 8.28. The van der Waals surface area contributed by atoms with Crippen molar-refractivity contribution in [2.24, 2.45) is 0 Å². The van der Waals surface area contributed by atoms with Crippen LogP contribution in [0.15, 0.2) is 42.9 Å².